The van der Waals surface area contributed by atoms with Gasteiger partial charge in [0, 0.05) is 31.3 Å². The lowest BCUT2D eigenvalue weighted by Gasteiger charge is -2.17. The van der Waals surface area contributed by atoms with Gasteiger partial charge < -0.3 is 10.2 Å². The number of hydrogen-bond donors (Lipinski definition) is 1. The number of nitrogens with zero attached hydrogens (tertiary/aromatic N) is 3. The summed E-state index contributed by atoms with van der Waals surface area (Å²) in [5.74, 6) is 2.46. The summed E-state index contributed by atoms with van der Waals surface area (Å²) in [6, 6.07) is 2.03. The van der Waals surface area contributed by atoms with Crippen LogP contribution in [0.1, 0.15) is 43.6 Å². The molecule has 0 radical (unpaired) electrons. The molecule has 0 unspecified atom stereocenters. The van der Waals surface area contributed by atoms with Crippen LogP contribution in [-0.4, -0.2) is 29.0 Å². The van der Waals surface area contributed by atoms with Crippen LogP contribution >= 0.6 is 0 Å². The van der Waals surface area contributed by atoms with Crippen molar-refractivity contribution >= 4 is 11.7 Å². The van der Waals surface area contributed by atoms with Crippen molar-refractivity contribution in [3.63, 3.8) is 0 Å². The van der Waals surface area contributed by atoms with Gasteiger partial charge in [0.1, 0.15) is 11.6 Å². The third-order valence-electron chi connectivity index (χ3n) is 3.93. The second-order valence-corrected chi connectivity index (χ2v) is 5.90. The van der Waals surface area contributed by atoms with Crippen molar-refractivity contribution in [2.24, 2.45) is 5.92 Å². The summed E-state index contributed by atoms with van der Waals surface area (Å²) in [7, 11) is 0. The van der Waals surface area contributed by atoms with E-state index >= 15 is 0 Å². The lowest BCUT2D eigenvalue weighted by Crippen LogP contribution is -2.25. The van der Waals surface area contributed by atoms with Gasteiger partial charge in [-0.1, -0.05) is 0 Å². The smallest absolute Gasteiger partial charge is 0.220 e. The molecule has 1 N–H and O–H groups in total. The van der Waals surface area contributed by atoms with Crippen molar-refractivity contribution in [3.05, 3.63) is 17.6 Å². The maximum absolute atomic E-state index is 11.7. The zero-order valence-electron chi connectivity index (χ0n) is 12.1. The summed E-state index contributed by atoms with van der Waals surface area (Å²) in [5.41, 5.74) is 0.966. The Bertz CT molecular complexity index is 493. The SMILES string of the molecule is Cc1cc(N2CCCC2)nc(CNC(=O)CC2CC2)n1. The molecule has 1 aliphatic heterocycles. The first kappa shape index (κ1) is 13.3. The minimum atomic E-state index is 0.125. The average molecular weight is 274 g/mol. The van der Waals surface area contributed by atoms with Crippen LogP contribution in [-0.2, 0) is 11.3 Å². The molecule has 1 aromatic heterocycles. The van der Waals surface area contributed by atoms with Crippen LogP contribution in [0.4, 0.5) is 5.82 Å². The normalized spacial score (nSPS) is 18.4. The summed E-state index contributed by atoms with van der Waals surface area (Å²) in [5, 5.41) is 2.93. The first-order valence-corrected chi connectivity index (χ1v) is 7.57. The number of aromatic nitrogens is 2. The third-order valence-corrected chi connectivity index (χ3v) is 3.93. The fourth-order valence-corrected chi connectivity index (χ4v) is 2.63. The number of rotatable bonds is 5. The highest BCUT2D eigenvalue weighted by Gasteiger charge is 2.24. The van der Waals surface area contributed by atoms with Gasteiger partial charge in [0.05, 0.1) is 6.54 Å². The van der Waals surface area contributed by atoms with Crippen molar-refractivity contribution in [2.75, 3.05) is 18.0 Å². The minimum absolute atomic E-state index is 0.125. The highest BCUT2D eigenvalue weighted by atomic mass is 16.1. The maximum Gasteiger partial charge on any atom is 0.220 e. The second-order valence-electron chi connectivity index (χ2n) is 5.90. The van der Waals surface area contributed by atoms with Crippen LogP contribution < -0.4 is 10.2 Å². The number of carbonyl (C=O) groups is 1. The molecule has 5 heteroatoms. The quantitative estimate of drug-likeness (QED) is 0.889. The number of amides is 1. The fourth-order valence-electron chi connectivity index (χ4n) is 2.63. The molecular formula is C15H22N4O. The van der Waals surface area contributed by atoms with Gasteiger partial charge in [-0.05, 0) is 38.5 Å². The Labute approximate surface area is 119 Å². The van der Waals surface area contributed by atoms with E-state index in [1.807, 2.05) is 13.0 Å². The first-order valence-electron chi connectivity index (χ1n) is 7.57. The standard InChI is InChI=1S/C15H22N4O/c1-11-8-14(19-6-2-3-7-19)18-13(17-11)10-16-15(20)9-12-4-5-12/h8,12H,2-7,9-10H2,1H3,(H,16,20). The van der Waals surface area contributed by atoms with Crippen molar-refractivity contribution in [1.29, 1.82) is 0 Å². The van der Waals surface area contributed by atoms with E-state index in [2.05, 4.69) is 20.2 Å². The molecule has 1 amide bonds. The van der Waals surface area contributed by atoms with E-state index in [1.54, 1.807) is 0 Å². The Morgan fingerprint density at radius 1 is 1.35 bits per heavy atom. The Morgan fingerprint density at radius 2 is 2.10 bits per heavy atom. The molecule has 2 heterocycles. The molecule has 0 bridgehead atoms. The van der Waals surface area contributed by atoms with Gasteiger partial charge in [-0.15, -0.1) is 0 Å². The van der Waals surface area contributed by atoms with Crippen LogP contribution in [0.2, 0.25) is 0 Å². The summed E-state index contributed by atoms with van der Waals surface area (Å²) in [6.07, 6.45) is 5.53. The predicted octanol–water partition coefficient (Wildman–Crippen LogP) is 1.80. The minimum Gasteiger partial charge on any atom is -0.357 e. The highest BCUT2D eigenvalue weighted by molar-refractivity contribution is 5.76. The van der Waals surface area contributed by atoms with E-state index in [4.69, 9.17) is 0 Å². The van der Waals surface area contributed by atoms with E-state index in [0.29, 0.717) is 18.9 Å². The molecule has 108 valence electrons. The number of carbonyl (C=O) groups excluding carboxylic acids is 1. The topological polar surface area (TPSA) is 58.1 Å². The Kier molecular flexibility index (Phi) is 3.85. The Balaban J connectivity index is 1.61. The van der Waals surface area contributed by atoms with Gasteiger partial charge in [0.15, 0.2) is 0 Å². The molecule has 5 nitrogen and oxygen atoms in total. The van der Waals surface area contributed by atoms with E-state index in [9.17, 15) is 4.79 Å². The van der Waals surface area contributed by atoms with Crippen LogP contribution in [0.3, 0.4) is 0 Å². The van der Waals surface area contributed by atoms with Gasteiger partial charge in [-0.2, -0.15) is 0 Å². The number of nitrogens with one attached hydrogen (secondary N) is 1. The van der Waals surface area contributed by atoms with Gasteiger partial charge in [0.25, 0.3) is 0 Å². The Hall–Kier alpha value is -1.65. The van der Waals surface area contributed by atoms with Crippen LogP contribution in [0.15, 0.2) is 6.07 Å². The average Bonchev–Trinajstić information content (AvgIpc) is 3.06. The molecule has 0 spiro atoms. The molecule has 3 rings (SSSR count). The molecule has 0 atom stereocenters. The summed E-state index contributed by atoms with van der Waals surface area (Å²) >= 11 is 0. The van der Waals surface area contributed by atoms with Crippen molar-refractivity contribution in [1.82, 2.24) is 15.3 Å². The molecule has 1 aromatic rings. The molecule has 2 fully saturated rings. The van der Waals surface area contributed by atoms with Crippen LogP contribution in [0.25, 0.3) is 0 Å². The molecule has 0 aromatic carbocycles. The molecule has 1 aliphatic carbocycles. The van der Waals surface area contributed by atoms with Crippen LogP contribution in [0, 0.1) is 12.8 Å². The van der Waals surface area contributed by atoms with E-state index in [0.717, 1.165) is 30.4 Å². The number of anilines is 1. The lowest BCUT2D eigenvalue weighted by molar-refractivity contribution is -0.121. The third kappa shape index (κ3) is 3.46. The number of aryl methyl sites for hydroxylation is 1. The molecule has 1 saturated carbocycles. The van der Waals surface area contributed by atoms with Gasteiger partial charge in [-0.3, -0.25) is 4.79 Å². The lowest BCUT2D eigenvalue weighted by atomic mass is 10.3. The Morgan fingerprint density at radius 3 is 2.80 bits per heavy atom. The molecule has 20 heavy (non-hydrogen) atoms. The van der Waals surface area contributed by atoms with Crippen molar-refractivity contribution < 1.29 is 4.79 Å². The molecule has 1 saturated heterocycles. The summed E-state index contributed by atoms with van der Waals surface area (Å²) in [4.78, 5) is 23.0. The summed E-state index contributed by atoms with van der Waals surface area (Å²) < 4.78 is 0. The van der Waals surface area contributed by atoms with E-state index in [1.165, 1.54) is 25.7 Å². The molecular weight excluding hydrogens is 252 g/mol. The number of hydrogen-bond acceptors (Lipinski definition) is 4. The van der Waals surface area contributed by atoms with Gasteiger partial charge in [-0.25, -0.2) is 9.97 Å². The largest absolute Gasteiger partial charge is 0.357 e. The van der Waals surface area contributed by atoms with E-state index in [-0.39, 0.29) is 5.91 Å². The molecule has 2 aliphatic rings. The van der Waals surface area contributed by atoms with Crippen LogP contribution in [0.5, 0.6) is 0 Å². The zero-order chi connectivity index (χ0) is 13.9. The van der Waals surface area contributed by atoms with Crippen molar-refractivity contribution in [3.8, 4) is 0 Å². The highest BCUT2D eigenvalue weighted by Crippen LogP contribution is 2.32. The first-order chi connectivity index (χ1) is 9.70. The predicted molar refractivity (Wildman–Crippen MR) is 77.4 cm³/mol. The monoisotopic (exact) mass is 274 g/mol. The van der Waals surface area contributed by atoms with E-state index < -0.39 is 0 Å². The maximum atomic E-state index is 11.7. The fraction of sp³-hybridized carbons (Fsp3) is 0.667. The van der Waals surface area contributed by atoms with Gasteiger partial charge in [0.2, 0.25) is 5.91 Å². The second kappa shape index (κ2) is 5.77. The van der Waals surface area contributed by atoms with Crippen molar-refractivity contribution in [2.45, 2.75) is 45.6 Å². The van der Waals surface area contributed by atoms with Gasteiger partial charge >= 0.3 is 0 Å². The summed E-state index contributed by atoms with van der Waals surface area (Å²) in [6.45, 7) is 4.57. The zero-order valence-corrected chi connectivity index (χ0v) is 12.1.